The summed E-state index contributed by atoms with van der Waals surface area (Å²) >= 11 is 0. The molecule has 0 aromatic heterocycles. The average Bonchev–Trinajstić information content (AvgIpc) is 2.88. The van der Waals surface area contributed by atoms with Crippen LogP contribution >= 0.6 is 0 Å². The van der Waals surface area contributed by atoms with Crippen molar-refractivity contribution in [2.45, 2.75) is 26.9 Å². The SMILES string of the molecule is CCN1c2cc(OC)c(OC)cc2C(C)=C(C(=O)N(Cc2ccccc2)Cc2ccccc2)S1(=O)=O. The molecule has 0 bridgehead atoms. The fourth-order valence-corrected chi connectivity index (χ4v) is 6.31. The number of methoxy groups -OCH3 is 2. The number of ether oxygens (including phenoxy) is 2. The highest BCUT2D eigenvalue weighted by Crippen LogP contribution is 2.45. The fraction of sp³-hybridized carbons (Fsp3) is 0.250. The number of anilines is 1. The van der Waals surface area contributed by atoms with Crippen molar-refractivity contribution in [3.05, 3.63) is 94.4 Å². The molecular weight excluding hydrogens is 476 g/mol. The molecule has 36 heavy (non-hydrogen) atoms. The maximum atomic E-state index is 14.1. The fourth-order valence-electron chi connectivity index (χ4n) is 4.49. The monoisotopic (exact) mass is 506 g/mol. The quantitative estimate of drug-likeness (QED) is 0.437. The number of carbonyl (C=O) groups excluding carboxylic acids is 1. The lowest BCUT2D eigenvalue weighted by Gasteiger charge is -2.34. The minimum Gasteiger partial charge on any atom is -0.493 e. The van der Waals surface area contributed by atoms with E-state index in [-0.39, 0.29) is 24.5 Å². The zero-order valence-corrected chi connectivity index (χ0v) is 21.7. The van der Waals surface area contributed by atoms with Crippen LogP contribution in [0.5, 0.6) is 11.5 Å². The van der Waals surface area contributed by atoms with Gasteiger partial charge in [0.05, 0.1) is 19.9 Å². The molecule has 1 heterocycles. The van der Waals surface area contributed by atoms with Crippen LogP contribution < -0.4 is 13.8 Å². The molecule has 4 rings (SSSR count). The van der Waals surface area contributed by atoms with E-state index in [0.29, 0.717) is 28.3 Å². The first-order valence-corrected chi connectivity index (χ1v) is 13.1. The summed E-state index contributed by atoms with van der Waals surface area (Å²) in [5.74, 6) is 0.338. The second-order valence-electron chi connectivity index (χ2n) is 8.48. The van der Waals surface area contributed by atoms with E-state index >= 15 is 0 Å². The highest BCUT2D eigenvalue weighted by molar-refractivity contribution is 7.97. The van der Waals surface area contributed by atoms with Gasteiger partial charge in [0, 0.05) is 31.3 Å². The number of carbonyl (C=O) groups is 1. The third-order valence-corrected chi connectivity index (χ3v) is 8.30. The van der Waals surface area contributed by atoms with Crippen LogP contribution in [0.1, 0.15) is 30.5 Å². The number of rotatable bonds is 8. The van der Waals surface area contributed by atoms with Crippen LogP contribution in [0.4, 0.5) is 5.69 Å². The summed E-state index contributed by atoms with van der Waals surface area (Å²) in [5, 5.41) is 0. The Morgan fingerprint density at radius 1 is 0.861 bits per heavy atom. The zero-order valence-electron chi connectivity index (χ0n) is 20.9. The van der Waals surface area contributed by atoms with Gasteiger partial charge in [-0.3, -0.25) is 9.10 Å². The third kappa shape index (κ3) is 4.68. The summed E-state index contributed by atoms with van der Waals surface area (Å²) in [6, 6.07) is 22.5. The van der Waals surface area contributed by atoms with Crippen LogP contribution in [-0.4, -0.2) is 40.0 Å². The molecule has 3 aromatic rings. The van der Waals surface area contributed by atoms with E-state index < -0.39 is 15.9 Å². The number of hydrogen-bond acceptors (Lipinski definition) is 5. The van der Waals surface area contributed by atoms with Crippen LogP contribution in [0.3, 0.4) is 0 Å². The van der Waals surface area contributed by atoms with Gasteiger partial charge in [-0.25, -0.2) is 8.42 Å². The Morgan fingerprint density at radius 3 is 1.83 bits per heavy atom. The van der Waals surface area contributed by atoms with Crippen LogP contribution in [0.25, 0.3) is 5.57 Å². The van der Waals surface area contributed by atoms with Crippen molar-refractivity contribution in [2.75, 3.05) is 25.1 Å². The molecule has 0 atom stereocenters. The van der Waals surface area contributed by atoms with Crippen molar-refractivity contribution in [3.8, 4) is 11.5 Å². The lowest BCUT2D eigenvalue weighted by molar-refractivity contribution is -0.127. The van der Waals surface area contributed by atoms with E-state index in [9.17, 15) is 13.2 Å². The number of sulfonamides is 1. The molecule has 1 aliphatic rings. The molecule has 0 radical (unpaired) electrons. The summed E-state index contributed by atoms with van der Waals surface area (Å²) in [4.78, 5) is 15.4. The van der Waals surface area contributed by atoms with Crippen molar-refractivity contribution in [3.63, 3.8) is 0 Å². The third-order valence-electron chi connectivity index (χ3n) is 6.26. The van der Waals surface area contributed by atoms with Crippen molar-refractivity contribution in [1.29, 1.82) is 0 Å². The summed E-state index contributed by atoms with van der Waals surface area (Å²) < 4.78 is 39.9. The Bertz CT molecular complexity index is 1340. The molecule has 188 valence electrons. The molecule has 1 amide bonds. The Kier molecular flexibility index (Phi) is 7.35. The summed E-state index contributed by atoms with van der Waals surface area (Å²) in [5.41, 5.74) is 3.28. The predicted octanol–water partition coefficient (Wildman–Crippen LogP) is 4.83. The molecule has 8 heteroatoms. The molecule has 7 nitrogen and oxygen atoms in total. The lowest BCUT2D eigenvalue weighted by atomic mass is 10.0. The van der Waals surface area contributed by atoms with Crippen molar-refractivity contribution in [1.82, 2.24) is 4.90 Å². The van der Waals surface area contributed by atoms with Crippen LogP contribution in [-0.2, 0) is 27.9 Å². The first-order chi connectivity index (χ1) is 17.3. The smallest absolute Gasteiger partial charge is 0.270 e. The molecule has 3 aromatic carbocycles. The second kappa shape index (κ2) is 10.5. The summed E-state index contributed by atoms with van der Waals surface area (Å²) in [7, 11) is -1.10. The van der Waals surface area contributed by atoms with Gasteiger partial charge in [0.15, 0.2) is 16.4 Å². The van der Waals surface area contributed by atoms with Gasteiger partial charge in [-0.1, -0.05) is 60.7 Å². The Hall–Kier alpha value is -3.78. The Balaban J connectivity index is 1.86. The molecule has 0 fully saturated rings. The minimum absolute atomic E-state index is 0.159. The van der Waals surface area contributed by atoms with Gasteiger partial charge in [-0.2, -0.15) is 0 Å². The topological polar surface area (TPSA) is 76.2 Å². The Labute approximate surface area is 212 Å². The van der Waals surface area contributed by atoms with E-state index in [1.807, 2.05) is 60.7 Å². The van der Waals surface area contributed by atoms with Crippen molar-refractivity contribution >= 4 is 27.2 Å². The standard InChI is InChI=1S/C28H30N2O5S/c1-5-30-24-17-26(35-4)25(34-3)16-23(24)20(2)27(36(30,32)33)28(31)29(18-21-12-8-6-9-13-21)19-22-14-10-7-11-15-22/h6-17H,5,18-19H2,1-4H3. The summed E-state index contributed by atoms with van der Waals surface area (Å²) in [6.45, 7) is 4.11. The van der Waals surface area contributed by atoms with Gasteiger partial charge in [0.1, 0.15) is 0 Å². The minimum atomic E-state index is -4.12. The van der Waals surface area contributed by atoms with Gasteiger partial charge < -0.3 is 14.4 Å². The van der Waals surface area contributed by atoms with Gasteiger partial charge in [0.2, 0.25) is 0 Å². The van der Waals surface area contributed by atoms with Crippen molar-refractivity contribution in [2.24, 2.45) is 0 Å². The molecule has 0 spiro atoms. The predicted molar refractivity (Wildman–Crippen MR) is 141 cm³/mol. The Morgan fingerprint density at radius 2 is 1.36 bits per heavy atom. The number of fused-ring (bicyclic) bond motifs is 1. The van der Waals surface area contributed by atoms with Gasteiger partial charge >= 0.3 is 0 Å². The molecular formula is C28H30N2O5S. The number of benzene rings is 3. The maximum absolute atomic E-state index is 14.1. The summed E-state index contributed by atoms with van der Waals surface area (Å²) in [6.07, 6.45) is 0. The highest BCUT2D eigenvalue weighted by Gasteiger charge is 2.41. The maximum Gasteiger partial charge on any atom is 0.270 e. The lowest BCUT2D eigenvalue weighted by Crippen LogP contribution is -2.42. The van der Waals surface area contributed by atoms with Gasteiger partial charge in [-0.15, -0.1) is 0 Å². The first kappa shape index (κ1) is 25.3. The molecule has 1 aliphatic heterocycles. The average molecular weight is 507 g/mol. The van der Waals surface area contributed by atoms with Gasteiger partial charge in [-0.05, 0) is 36.6 Å². The van der Waals surface area contributed by atoms with Crippen molar-refractivity contribution < 1.29 is 22.7 Å². The second-order valence-corrected chi connectivity index (χ2v) is 10.3. The van der Waals surface area contributed by atoms with E-state index in [1.54, 1.807) is 30.9 Å². The molecule has 0 saturated carbocycles. The largest absolute Gasteiger partial charge is 0.493 e. The normalized spacial score (nSPS) is 14.3. The van der Waals surface area contributed by atoms with Crippen LogP contribution in [0.2, 0.25) is 0 Å². The zero-order chi connectivity index (χ0) is 25.9. The van der Waals surface area contributed by atoms with E-state index in [2.05, 4.69) is 0 Å². The first-order valence-electron chi connectivity index (χ1n) is 11.7. The number of hydrogen-bond donors (Lipinski definition) is 0. The molecule has 0 unspecified atom stereocenters. The van der Waals surface area contributed by atoms with E-state index in [0.717, 1.165) is 11.1 Å². The van der Waals surface area contributed by atoms with E-state index in [1.165, 1.54) is 18.5 Å². The molecule has 0 saturated heterocycles. The van der Waals surface area contributed by atoms with Crippen LogP contribution in [0, 0.1) is 0 Å². The molecule has 0 N–H and O–H groups in total. The number of nitrogens with zero attached hydrogens (tertiary/aromatic N) is 2. The van der Waals surface area contributed by atoms with Gasteiger partial charge in [0.25, 0.3) is 15.9 Å². The highest BCUT2D eigenvalue weighted by atomic mass is 32.2. The number of amides is 1. The van der Waals surface area contributed by atoms with Crippen LogP contribution in [0.15, 0.2) is 77.7 Å². The van der Waals surface area contributed by atoms with E-state index in [4.69, 9.17) is 9.47 Å². The number of allylic oxidation sites excluding steroid dienone is 1. The molecule has 0 aliphatic carbocycles.